The van der Waals surface area contributed by atoms with E-state index >= 15 is 0 Å². The molecular weight excluding hydrogens is 446 g/mol. The van der Waals surface area contributed by atoms with E-state index in [2.05, 4.69) is 144 Å². The zero-order chi connectivity index (χ0) is 24.6. The van der Waals surface area contributed by atoms with Crippen LogP contribution in [-0.2, 0) is 0 Å². The summed E-state index contributed by atoms with van der Waals surface area (Å²) >= 11 is 0. The van der Waals surface area contributed by atoms with Crippen molar-refractivity contribution in [1.29, 1.82) is 0 Å². The van der Waals surface area contributed by atoms with Gasteiger partial charge in [-0.25, -0.2) is 0 Å². The predicted molar refractivity (Wildman–Crippen MR) is 158 cm³/mol. The predicted octanol–water partition coefficient (Wildman–Crippen LogP) is 9.85. The summed E-state index contributed by atoms with van der Waals surface area (Å²) in [6.07, 6.45) is 6.69. The van der Waals surface area contributed by atoms with Crippen LogP contribution in [0.1, 0.15) is 18.4 Å². The molecule has 0 spiro atoms. The lowest BCUT2D eigenvalue weighted by Crippen LogP contribution is -2.01. The van der Waals surface area contributed by atoms with Crippen molar-refractivity contribution >= 4 is 33.1 Å². The minimum Gasteiger partial charge on any atom is -0.313 e. The number of fused-ring (bicyclic) bond motifs is 3. The van der Waals surface area contributed by atoms with Gasteiger partial charge >= 0.3 is 0 Å². The fourth-order valence-electron chi connectivity index (χ4n) is 5.67. The molecule has 1 heterocycles. The maximum atomic E-state index is 2.48. The molecule has 0 radical (unpaired) electrons. The molecule has 1 heteroatoms. The Kier molecular flexibility index (Phi) is 5.33. The van der Waals surface area contributed by atoms with Gasteiger partial charge in [0.15, 0.2) is 0 Å². The van der Waals surface area contributed by atoms with Crippen LogP contribution >= 0.6 is 0 Å². The van der Waals surface area contributed by atoms with Crippen LogP contribution in [-0.4, -0.2) is 4.57 Å². The molecule has 0 amide bonds. The van der Waals surface area contributed by atoms with E-state index in [1.165, 1.54) is 60.9 Å². The fraction of sp³-hybridized carbons (Fsp3) is 0.0556. The van der Waals surface area contributed by atoms with E-state index < -0.39 is 0 Å². The third-order valence-electron chi connectivity index (χ3n) is 7.54. The summed E-state index contributed by atoms with van der Waals surface area (Å²) in [6.45, 7) is 0. The van der Waals surface area contributed by atoms with Gasteiger partial charge in [-0.05, 0) is 70.5 Å². The first-order chi connectivity index (χ1) is 18.3. The Morgan fingerprint density at radius 2 is 1.03 bits per heavy atom. The molecule has 0 aliphatic heterocycles. The van der Waals surface area contributed by atoms with Crippen LogP contribution < -0.4 is 0 Å². The van der Waals surface area contributed by atoms with E-state index in [0.717, 1.165) is 12.8 Å². The molecule has 1 aliphatic rings. The first-order valence-corrected chi connectivity index (χ1v) is 13.0. The second-order valence-electron chi connectivity index (χ2n) is 9.75. The summed E-state index contributed by atoms with van der Waals surface area (Å²) in [4.78, 5) is 0. The van der Waals surface area contributed by atoms with Crippen molar-refractivity contribution in [1.82, 2.24) is 4.57 Å². The van der Waals surface area contributed by atoms with Gasteiger partial charge in [0.2, 0.25) is 0 Å². The molecule has 0 atom stereocenters. The molecule has 0 bridgehead atoms. The van der Waals surface area contributed by atoms with E-state index in [9.17, 15) is 0 Å². The summed E-state index contributed by atoms with van der Waals surface area (Å²) in [6, 6.07) is 46.0. The van der Waals surface area contributed by atoms with Crippen LogP contribution in [0.5, 0.6) is 0 Å². The summed E-state index contributed by atoms with van der Waals surface area (Å²) in [7, 11) is 0. The van der Waals surface area contributed by atoms with Crippen LogP contribution in [0.15, 0.2) is 140 Å². The molecule has 1 aromatic heterocycles. The average molecular weight is 474 g/mol. The first kappa shape index (κ1) is 21.6. The third kappa shape index (κ3) is 3.90. The van der Waals surface area contributed by atoms with Crippen molar-refractivity contribution in [2.75, 3.05) is 0 Å². The Bertz CT molecular complexity index is 1800. The van der Waals surface area contributed by atoms with Crippen LogP contribution in [0.2, 0.25) is 0 Å². The van der Waals surface area contributed by atoms with Gasteiger partial charge in [-0.2, -0.15) is 0 Å². The quantitative estimate of drug-likeness (QED) is 0.240. The number of hydrogen-bond donors (Lipinski definition) is 0. The van der Waals surface area contributed by atoms with E-state index in [-0.39, 0.29) is 0 Å². The Balaban J connectivity index is 1.37. The zero-order valence-corrected chi connectivity index (χ0v) is 20.6. The number of para-hydroxylation sites is 1. The van der Waals surface area contributed by atoms with Crippen LogP contribution in [0, 0.1) is 0 Å². The summed E-state index contributed by atoms with van der Waals surface area (Å²) in [5.41, 5.74) is 11.6. The Labute approximate surface area is 217 Å². The van der Waals surface area contributed by atoms with Crippen molar-refractivity contribution < 1.29 is 0 Å². The molecule has 6 aromatic rings. The minimum atomic E-state index is 1.02. The first-order valence-electron chi connectivity index (χ1n) is 13.0. The van der Waals surface area contributed by atoms with Gasteiger partial charge < -0.3 is 4.57 Å². The van der Waals surface area contributed by atoms with Crippen LogP contribution in [0.3, 0.4) is 0 Å². The number of nitrogens with zero attached hydrogens (tertiary/aromatic N) is 1. The molecule has 0 unspecified atom stereocenters. The highest BCUT2D eigenvalue weighted by atomic mass is 15.0. The van der Waals surface area contributed by atoms with E-state index in [1.807, 2.05) is 0 Å². The minimum absolute atomic E-state index is 1.02. The molecule has 0 fully saturated rings. The molecule has 7 rings (SSSR count). The van der Waals surface area contributed by atoms with Gasteiger partial charge in [0, 0.05) is 16.5 Å². The van der Waals surface area contributed by atoms with E-state index in [4.69, 9.17) is 0 Å². The Morgan fingerprint density at radius 3 is 1.78 bits per heavy atom. The standard InChI is InChI=1S/C36H27N/c1-3-10-26(11-4-1)28-18-21-32(22-19-28)37-35-17-8-7-16-33(35)34-23-20-31(25-36(34)37)30-15-9-14-29(24-30)27-12-5-2-6-13-27/h1-18,20-21,23-25H,19,22H2. The Hall–Kier alpha value is -4.62. The lowest BCUT2D eigenvalue weighted by atomic mass is 9.95. The molecule has 0 saturated heterocycles. The maximum absolute atomic E-state index is 2.48. The third-order valence-corrected chi connectivity index (χ3v) is 7.54. The number of benzene rings is 5. The van der Waals surface area contributed by atoms with Crippen LogP contribution in [0.25, 0.3) is 55.3 Å². The van der Waals surface area contributed by atoms with E-state index in [0.29, 0.717) is 0 Å². The SMILES string of the molecule is C1=C(c2ccccc2)CCC(n2c3ccccc3c3ccc(-c4cccc(-c5ccccc5)c4)cc32)=C1. The monoisotopic (exact) mass is 473 g/mol. The molecule has 0 saturated carbocycles. The summed E-state index contributed by atoms with van der Waals surface area (Å²) < 4.78 is 2.48. The highest BCUT2D eigenvalue weighted by Crippen LogP contribution is 2.38. The van der Waals surface area contributed by atoms with E-state index in [1.54, 1.807) is 0 Å². The molecule has 176 valence electrons. The fourth-order valence-corrected chi connectivity index (χ4v) is 5.67. The lowest BCUT2D eigenvalue weighted by molar-refractivity contribution is 0.992. The van der Waals surface area contributed by atoms with Crippen molar-refractivity contribution in [3.8, 4) is 22.3 Å². The number of rotatable bonds is 4. The zero-order valence-electron chi connectivity index (χ0n) is 20.6. The molecule has 5 aromatic carbocycles. The second kappa shape index (κ2) is 9.11. The average Bonchev–Trinajstić information content (AvgIpc) is 3.32. The number of allylic oxidation sites excluding steroid dienone is 4. The lowest BCUT2D eigenvalue weighted by Gasteiger charge is -2.18. The molecule has 37 heavy (non-hydrogen) atoms. The Morgan fingerprint density at radius 1 is 0.405 bits per heavy atom. The van der Waals surface area contributed by atoms with Crippen molar-refractivity contribution in [2.24, 2.45) is 0 Å². The number of hydrogen-bond acceptors (Lipinski definition) is 0. The highest BCUT2D eigenvalue weighted by molar-refractivity contribution is 6.11. The topological polar surface area (TPSA) is 4.93 Å². The molecule has 1 nitrogen and oxygen atoms in total. The van der Waals surface area contributed by atoms with Gasteiger partial charge in [-0.15, -0.1) is 0 Å². The van der Waals surface area contributed by atoms with Gasteiger partial charge in [0.1, 0.15) is 0 Å². The van der Waals surface area contributed by atoms with Crippen molar-refractivity contribution in [2.45, 2.75) is 12.8 Å². The summed E-state index contributed by atoms with van der Waals surface area (Å²) in [5.74, 6) is 0. The van der Waals surface area contributed by atoms with Crippen molar-refractivity contribution in [3.05, 3.63) is 145 Å². The van der Waals surface area contributed by atoms with Gasteiger partial charge in [0.05, 0.1) is 11.0 Å². The van der Waals surface area contributed by atoms with Crippen molar-refractivity contribution in [3.63, 3.8) is 0 Å². The summed E-state index contributed by atoms with van der Waals surface area (Å²) in [5, 5.41) is 2.61. The van der Waals surface area contributed by atoms with Gasteiger partial charge in [0.25, 0.3) is 0 Å². The molecule has 0 N–H and O–H groups in total. The van der Waals surface area contributed by atoms with Crippen LogP contribution in [0.4, 0.5) is 0 Å². The number of aromatic nitrogens is 1. The largest absolute Gasteiger partial charge is 0.313 e. The second-order valence-corrected chi connectivity index (χ2v) is 9.75. The van der Waals surface area contributed by atoms with Gasteiger partial charge in [-0.1, -0.05) is 115 Å². The molecule has 1 aliphatic carbocycles. The normalized spacial score (nSPS) is 13.5. The van der Waals surface area contributed by atoms with Gasteiger partial charge in [-0.3, -0.25) is 0 Å². The highest BCUT2D eigenvalue weighted by Gasteiger charge is 2.17. The maximum Gasteiger partial charge on any atom is 0.0544 e. The smallest absolute Gasteiger partial charge is 0.0544 e. The molecular formula is C36H27N.